The molecule has 0 aromatic carbocycles. The van der Waals surface area contributed by atoms with Crippen molar-refractivity contribution in [3.8, 4) is 0 Å². The summed E-state index contributed by atoms with van der Waals surface area (Å²) in [6.45, 7) is 2.24. The number of hydrogen-bond donors (Lipinski definition) is 1. The first-order chi connectivity index (χ1) is 8.66. The average molecular weight is 272 g/mol. The molecule has 0 aromatic heterocycles. The minimum atomic E-state index is -2.78. The minimum absolute atomic E-state index is 0.290. The van der Waals surface area contributed by atoms with Gasteiger partial charge in [-0.3, -0.25) is 4.90 Å². The van der Waals surface area contributed by atoms with E-state index in [1.807, 2.05) is 0 Å². The molecule has 4 nitrogen and oxygen atoms in total. The lowest BCUT2D eigenvalue weighted by atomic mass is 10.0. The summed E-state index contributed by atoms with van der Waals surface area (Å²) < 4.78 is 23.6. The van der Waals surface area contributed by atoms with E-state index in [-0.39, 0.29) is 0 Å². The van der Waals surface area contributed by atoms with Crippen molar-refractivity contribution in [2.45, 2.75) is 56.7 Å². The molecule has 0 saturated carbocycles. The van der Waals surface area contributed by atoms with Crippen LogP contribution < -0.4 is 5.32 Å². The van der Waals surface area contributed by atoms with Crippen molar-refractivity contribution < 1.29 is 8.42 Å². The maximum Gasteiger partial charge on any atom is 0.151 e. The Morgan fingerprint density at radius 2 is 1.94 bits per heavy atom. The minimum Gasteiger partial charge on any atom is -0.312 e. The third-order valence-corrected chi connectivity index (χ3v) is 6.62. The second-order valence-corrected chi connectivity index (χ2v) is 8.29. The highest BCUT2D eigenvalue weighted by Crippen LogP contribution is 2.30. The molecular weight excluding hydrogens is 248 g/mol. The first-order valence-corrected chi connectivity index (χ1v) is 9.17. The Hall–Kier alpha value is -0.130. The Balaban J connectivity index is 1.70. The Morgan fingerprint density at radius 1 is 1.06 bits per heavy atom. The van der Waals surface area contributed by atoms with Crippen LogP contribution in [-0.4, -0.2) is 56.0 Å². The van der Waals surface area contributed by atoms with E-state index in [1.54, 1.807) is 0 Å². The highest BCUT2D eigenvalue weighted by Gasteiger charge is 2.39. The van der Waals surface area contributed by atoms with Crippen LogP contribution in [0.15, 0.2) is 0 Å². The Kier molecular flexibility index (Phi) is 3.65. The molecule has 0 amide bonds. The number of sulfone groups is 1. The summed E-state index contributed by atoms with van der Waals surface area (Å²) in [5, 5.41) is 3.60. The van der Waals surface area contributed by atoms with E-state index in [0.717, 1.165) is 25.9 Å². The predicted molar refractivity (Wildman–Crippen MR) is 72.4 cm³/mol. The molecule has 0 spiro atoms. The second kappa shape index (κ2) is 5.10. The van der Waals surface area contributed by atoms with E-state index in [4.69, 9.17) is 0 Å². The molecule has 0 radical (unpaired) electrons. The summed E-state index contributed by atoms with van der Waals surface area (Å²) in [6.07, 6.45) is 6.95. The van der Waals surface area contributed by atoms with Gasteiger partial charge in [0.25, 0.3) is 0 Å². The van der Waals surface area contributed by atoms with Crippen molar-refractivity contribution in [2.24, 2.45) is 0 Å². The predicted octanol–water partition coefficient (Wildman–Crippen LogP) is 0.780. The molecule has 3 atom stereocenters. The van der Waals surface area contributed by atoms with E-state index in [2.05, 4.69) is 10.2 Å². The molecular formula is C13H24N2O2S. The Bertz CT molecular complexity index is 390. The van der Waals surface area contributed by atoms with Gasteiger partial charge in [-0.2, -0.15) is 0 Å². The highest BCUT2D eigenvalue weighted by atomic mass is 32.2. The van der Waals surface area contributed by atoms with Crippen LogP contribution in [0.2, 0.25) is 0 Å². The number of rotatable bonds is 2. The van der Waals surface area contributed by atoms with Gasteiger partial charge >= 0.3 is 0 Å². The molecule has 104 valence electrons. The highest BCUT2D eigenvalue weighted by molar-refractivity contribution is 7.91. The van der Waals surface area contributed by atoms with Crippen molar-refractivity contribution in [3.05, 3.63) is 0 Å². The van der Waals surface area contributed by atoms with E-state index in [0.29, 0.717) is 29.6 Å². The summed E-state index contributed by atoms with van der Waals surface area (Å²) in [5.41, 5.74) is 0. The monoisotopic (exact) mass is 272 g/mol. The van der Waals surface area contributed by atoms with Crippen LogP contribution in [-0.2, 0) is 9.84 Å². The van der Waals surface area contributed by atoms with Gasteiger partial charge in [-0.05, 0) is 51.6 Å². The van der Waals surface area contributed by atoms with Gasteiger partial charge in [-0.15, -0.1) is 0 Å². The van der Waals surface area contributed by atoms with Crippen LogP contribution in [0.1, 0.15) is 38.5 Å². The van der Waals surface area contributed by atoms with E-state index in [9.17, 15) is 8.42 Å². The van der Waals surface area contributed by atoms with Crippen LogP contribution in [0.4, 0.5) is 0 Å². The van der Waals surface area contributed by atoms with Crippen LogP contribution >= 0.6 is 0 Å². The van der Waals surface area contributed by atoms with Crippen LogP contribution in [0.5, 0.6) is 0 Å². The van der Waals surface area contributed by atoms with E-state index < -0.39 is 9.84 Å². The molecule has 0 aromatic rings. The van der Waals surface area contributed by atoms with Gasteiger partial charge in [0.15, 0.2) is 9.84 Å². The van der Waals surface area contributed by atoms with Crippen molar-refractivity contribution in [1.82, 2.24) is 10.2 Å². The topological polar surface area (TPSA) is 49.4 Å². The van der Waals surface area contributed by atoms with Gasteiger partial charge < -0.3 is 5.32 Å². The fourth-order valence-electron chi connectivity index (χ4n) is 4.00. The maximum atomic E-state index is 11.8. The van der Waals surface area contributed by atoms with Gasteiger partial charge in [-0.1, -0.05) is 0 Å². The lowest BCUT2D eigenvalue weighted by Crippen LogP contribution is -2.51. The first-order valence-electron chi connectivity index (χ1n) is 7.35. The van der Waals surface area contributed by atoms with Gasteiger partial charge in [0.2, 0.25) is 0 Å². The van der Waals surface area contributed by atoms with E-state index in [1.165, 1.54) is 25.7 Å². The smallest absolute Gasteiger partial charge is 0.151 e. The van der Waals surface area contributed by atoms with Crippen molar-refractivity contribution in [1.29, 1.82) is 0 Å². The zero-order chi connectivity index (χ0) is 12.6. The molecule has 3 rings (SSSR count). The fraction of sp³-hybridized carbons (Fsp3) is 1.00. The molecule has 18 heavy (non-hydrogen) atoms. The Labute approximate surface area is 110 Å². The summed E-state index contributed by atoms with van der Waals surface area (Å²) >= 11 is 0. The van der Waals surface area contributed by atoms with E-state index >= 15 is 0 Å². The second-order valence-electron chi connectivity index (χ2n) is 6.06. The number of nitrogens with one attached hydrogen (secondary N) is 1. The molecule has 3 unspecified atom stereocenters. The molecule has 5 heteroatoms. The third-order valence-electron chi connectivity index (χ3n) is 4.81. The van der Waals surface area contributed by atoms with Crippen molar-refractivity contribution in [2.75, 3.05) is 24.6 Å². The molecule has 3 saturated heterocycles. The maximum absolute atomic E-state index is 11.8. The number of likely N-dealkylation sites (tertiary alicyclic amines) is 1. The normalized spacial score (nSPS) is 41.2. The molecule has 3 aliphatic heterocycles. The average Bonchev–Trinajstić information content (AvgIpc) is 2.98. The summed E-state index contributed by atoms with van der Waals surface area (Å²) in [7, 11) is -2.78. The van der Waals surface area contributed by atoms with Gasteiger partial charge in [-0.25, -0.2) is 8.42 Å². The third kappa shape index (κ3) is 2.58. The lowest BCUT2D eigenvalue weighted by molar-refractivity contribution is 0.154. The molecule has 0 bridgehead atoms. The first kappa shape index (κ1) is 12.9. The van der Waals surface area contributed by atoms with Crippen molar-refractivity contribution >= 4 is 9.84 Å². The van der Waals surface area contributed by atoms with Crippen molar-refractivity contribution in [3.63, 3.8) is 0 Å². The fourth-order valence-corrected chi connectivity index (χ4v) is 5.72. The molecule has 0 aliphatic carbocycles. The molecule has 3 aliphatic rings. The quantitative estimate of drug-likeness (QED) is 0.807. The van der Waals surface area contributed by atoms with Gasteiger partial charge in [0, 0.05) is 18.1 Å². The van der Waals surface area contributed by atoms with Gasteiger partial charge in [0.05, 0.1) is 11.5 Å². The SMILES string of the molecule is O=S1(=O)CCCC(N2CCCC2C2CCCN2)C1. The van der Waals surface area contributed by atoms with Crippen LogP contribution in [0.3, 0.4) is 0 Å². The number of hydrogen-bond acceptors (Lipinski definition) is 4. The molecule has 3 fully saturated rings. The molecule has 3 heterocycles. The van der Waals surface area contributed by atoms with Crippen LogP contribution in [0, 0.1) is 0 Å². The zero-order valence-corrected chi connectivity index (χ0v) is 11.8. The zero-order valence-electron chi connectivity index (χ0n) is 11.0. The lowest BCUT2D eigenvalue weighted by Gasteiger charge is -2.37. The number of nitrogens with zero attached hydrogens (tertiary/aromatic N) is 1. The summed E-state index contributed by atoms with van der Waals surface area (Å²) in [6, 6.07) is 1.49. The van der Waals surface area contributed by atoms with Gasteiger partial charge in [0.1, 0.15) is 0 Å². The Morgan fingerprint density at radius 3 is 2.67 bits per heavy atom. The summed E-state index contributed by atoms with van der Waals surface area (Å²) in [5.74, 6) is 0.805. The standard InChI is InChI=1S/C13H24N2O2S/c16-18(17)9-3-4-11(10-18)15-8-2-6-13(15)12-5-1-7-14-12/h11-14H,1-10H2. The largest absolute Gasteiger partial charge is 0.312 e. The molecule has 1 N–H and O–H groups in total. The van der Waals surface area contributed by atoms with Crippen LogP contribution in [0.25, 0.3) is 0 Å². The summed E-state index contributed by atoms with van der Waals surface area (Å²) in [4.78, 5) is 2.51.